The van der Waals surface area contributed by atoms with Crippen LogP contribution in [0.25, 0.3) is 0 Å². The lowest BCUT2D eigenvalue weighted by Gasteiger charge is -2.25. The Bertz CT molecular complexity index is 1110. The highest BCUT2D eigenvalue weighted by Gasteiger charge is 2.32. The van der Waals surface area contributed by atoms with Crippen LogP contribution >= 0.6 is 0 Å². The van der Waals surface area contributed by atoms with Gasteiger partial charge < -0.3 is 28.7 Å². The van der Waals surface area contributed by atoms with Crippen molar-refractivity contribution in [3.63, 3.8) is 0 Å². The molecule has 0 bridgehead atoms. The predicted octanol–water partition coefficient (Wildman–Crippen LogP) is 4.85. The third-order valence-electron chi connectivity index (χ3n) is 8.48. The van der Waals surface area contributed by atoms with Crippen LogP contribution < -0.4 is 9.80 Å². The molecule has 226 valence electrons. The number of amides is 2. The number of hydrogen-bond acceptors (Lipinski definition) is 6. The van der Waals surface area contributed by atoms with Gasteiger partial charge >= 0.3 is 0 Å². The Hall–Kier alpha value is -2.78. The van der Waals surface area contributed by atoms with Crippen molar-refractivity contribution in [1.82, 2.24) is 0 Å². The number of anilines is 2. The maximum absolute atomic E-state index is 13.3. The van der Waals surface area contributed by atoms with Gasteiger partial charge in [0.2, 0.25) is 11.8 Å². The molecule has 4 unspecified atom stereocenters. The van der Waals surface area contributed by atoms with Gasteiger partial charge in [-0.2, -0.15) is 0 Å². The van der Waals surface area contributed by atoms with E-state index in [-0.39, 0.29) is 36.2 Å². The Morgan fingerprint density at radius 3 is 1.29 bits per heavy atom. The van der Waals surface area contributed by atoms with Gasteiger partial charge in [0.1, 0.15) is 0 Å². The van der Waals surface area contributed by atoms with Gasteiger partial charge in [-0.1, -0.05) is 62.1 Å². The van der Waals surface area contributed by atoms with Crippen LogP contribution in [0.4, 0.5) is 11.4 Å². The molecular weight excluding hydrogens is 532 g/mol. The third kappa shape index (κ3) is 8.86. The molecule has 0 aliphatic carbocycles. The first-order valence-corrected chi connectivity index (χ1v) is 15.9. The van der Waals surface area contributed by atoms with Crippen LogP contribution in [0.3, 0.4) is 0 Å². The van der Waals surface area contributed by atoms with Crippen molar-refractivity contribution >= 4 is 23.2 Å². The van der Waals surface area contributed by atoms with Crippen LogP contribution in [-0.4, -0.2) is 75.7 Å². The molecule has 4 aliphatic heterocycles. The molecule has 0 radical (unpaired) electrons. The average Bonchev–Trinajstić information content (AvgIpc) is 3.81. The molecule has 4 heterocycles. The Kier molecular flexibility index (Phi) is 9.86. The van der Waals surface area contributed by atoms with Crippen molar-refractivity contribution in [2.24, 2.45) is 0 Å². The van der Waals surface area contributed by atoms with Gasteiger partial charge in [-0.25, -0.2) is 0 Å². The molecule has 2 amide bonds. The summed E-state index contributed by atoms with van der Waals surface area (Å²) in [5, 5.41) is 0. The second kappa shape index (κ2) is 14.1. The standard InChI is InChI=1S/C34H44N2O6/c37-33(35(19-29-23-41-29)31-13-9-7-11-25(31)17-27-21-39-27)15-5-3-1-2-4-6-16-34(38)36(20-30-24-42-30)32-14-10-8-12-26(32)18-28-22-40-28/h7-14,27-30H,1-6,15-24H2. The lowest BCUT2D eigenvalue weighted by molar-refractivity contribution is -0.119. The largest absolute Gasteiger partial charge is 0.373 e. The molecular formula is C34H44N2O6. The molecule has 42 heavy (non-hydrogen) atoms. The molecule has 8 nitrogen and oxygen atoms in total. The Morgan fingerprint density at radius 2 is 0.905 bits per heavy atom. The summed E-state index contributed by atoms with van der Waals surface area (Å²) < 4.78 is 21.8. The first-order chi connectivity index (χ1) is 20.6. The molecule has 2 aromatic carbocycles. The van der Waals surface area contributed by atoms with Crippen LogP contribution in [0.2, 0.25) is 0 Å². The first kappa shape index (κ1) is 29.3. The van der Waals surface area contributed by atoms with Gasteiger partial charge in [0, 0.05) is 37.1 Å². The maximum Gasteiger partial charge on any atom is 0.227 e. The van der Waals surface area contributed by atoms with Crippen molar-refractivity contribution in [3.05, 3.63) is 59.7 Å². The van der Waals surface area contributed by atoms with E-state index in [4.69, 9.17) is 18.9 Å². The van der Waals surface area contributed by atoms with Crippen molar-refractivity contribution in [3.8, 4) is 0 Å². The Labute approximate surface area is 249 Å². The summed E-state index contributed by atoms with van der Waals surface area (Å²) in [5.41, 5.74) is 4.35. The normalized spacial score (nSPS) is 23.3. The van der Waals surface area contributed by atoms with Crippen molar-refractivity contribution in [2.75, 3.05) is 49.3 Å². The van der Waals surface area contributed by atoms with Crippen LogP contribution in [0.5, 0.6) is 0 Å². The maximum atomic E-state index is 13.3. The zero-order valence-corrected chi connectivity index (χ0v) is 24.6. The van der Waals surface area contributed by atoms with Crippen LogP contribution in [0.15, 0.2) is 48.5 Å². The number of nitrogens with zero attached hydrogens (tertiary/aromatic N) is 2. The summed E-state index contributed by atoms with van der Waals surface area (Å²) in [4.78, 5) is 30.5. The van der Waals surface area contributed by atoms with Gasteiger partial charge in [-0.15, -0.1) is 0 Å². The summed E-state index contributed by atoms with van der Waals surface area (Å²) in [6.07, 6.45) is 9.60. The Balaban J connectivity index is 0.914. The van der Waals surface area contributed by atoms with Gasteiger partial charge in [0.15, 0.2) is 0 Å². The first-order valence-electron chi connectivity index (χ1n) is 15.9. The minimum absolute atomic E-state index is 0.148. The summed E-state index contributed by atoms with van der Waals surface area (Å²) in [6.45, 7) is 4.32. The van der Waals surface area contributed by atoms with E-state index in [1.165, 1.54) is 11.1 Å². The average molecular weight is 577 g/mol. The number of carbonyl (C=O) groups is 2. The molecule has 0 N–H and O–H groups in total. The third-order valence-corrected chi connectivity index (χ3v) is 8.48. The molecule has 6 rings (SSSR count). The van der Waals surface area contributed by atoms with Crippen molar-refractivity contribution in [1.29, 1.82) is 0 Å². The number of unbranched alkanes of at least 4 members (excludes halogenated alkanes) is 5. The van der Waals surface area contributed by atoms with E-state index in [0.717, 1.165) is 89.2 Å². The van der Waals surface area contributed by atoms with Crippen LogP contribution in [0, 0.1) is 0 Å². The number of hydrogen-bond donors (Lipinski definition) is 0. The number of benzene rings is 2. The summed E-state index contributed by atoms with van der Waals surface area (Å²) in [6, 6.07) is 16.4. The lowest BCUT2D eigenvalue weighted by atomic mass is 10.0. The van der Waals surface area contributed by atoms with Crippen LogP contribution in [0.1, 0.15) is 62.5 Å². The zero-order chi connectivity index (χ0) is 28.7. The highest BCUT2D eigenvalue weighted by atomic mass is 16.6. The van der Waals surface area contributed by atoms with E-state index in [9.17, 15) is 9.59 Å². The van der Waals surface area contributed by atoms with Gasteiger partial charge in [-0.05, 0) is 36.1 Å². The number of carbonyl (C=O) groups excluding carboxylic acids is 2. The number of rotatable bonds is 19. The Morgan fingerprint density at radius 1 is 0.548 bits per heavy atom. The minimum atomic E-state index is 0.148. The van der Waals surface area contributed by atoms with Crippen molar-refractivity contribution in [2.45, 2.75) is 88.6 Å². The van der Waals surface area contributed by atoms with E-state index in [1.807, 2.05) is 34.1 Å². The van der Waals surface area contributed by atoms with E-state index >= 15 is 0 Å². The molecule has 4 atom stereocenters. The second-order valence-electron chi connectivity index (χ2n) is 12.1. The predicted molar refractivity (Wildman–Crippen MR) is 161 cm³/mol. The zero-order valence-electron chi connectivity index (χ0n) is 24.6. The van der Waals surface area contributed by atoms with Gasteiger partial charge in [-0.3, -0.25) is 9.59 Å². The smallest absolute Gasteiger partial charge is 0.227 e. The number of epoxide rings is 4. The molecule has 4 fully saturated rings. The fraction of sp³-hybridized carbons (Fsp3) is 0.588. The minimum Gasteiger partial charge on any atom is -0.373 e. The lowest BCUT2D eigenvalue weighted by Crippen LogP contribution is -2.35. The van der Waals surface area contributed by atoms with E-state index in [0.29, 0.717) is 25.9 Å². The fourth-order valence-corrected chi connectivity index (χ4v) is 5.71. The van der Waals surface area contributed by atoms with Crippen molar-refractivity contribution < 1.29 is 28.5 Å². The topological polar surface area (TPSA) is 90.7 Å². The molecule has 4 aliphatic rings. The SMILES string of the molecule is O=C(CCCCCCCCC(=O)N(CC1CO1)c1ccccc1CC1CO1)N(CC1CO1)c1ccccc1CC1CO1. The molecule has 2 aromatic rings. The molecule has 0 aromatic heterocycles. The van der Waals surface area contributed by atoms with Crippen LogP contribution in [-0.2, 0) is 41.4 Å². The van der Waals surface area contributed by atoms with E-state index in [2.05, 4.69) is 24.3 Å². The number of ether oxygens (including phenoxy) is 4. The van der Waals surface area contributed by atoms with E-state index in [1.54, 1.807) is 0 Å². The monoisotopic (exact) mass is 576 g/mol. The summed E-state index contributed by atoms with van der Waals surface area (Å²) in [7, 11) is 0. The van der Waals surface area contributed by atoms with Gasteiger partial charge in [0.05, 0.1) is 63.9 Å². The molecule has 4 saturated heterocycles. The van der Waals surface area contributed by atoms with E-state index < -0.39 is 0 Å². The molecule has 8 heteroatoms. The summed E-state index contributed by atoms with van der Waals surface area (Å²) in [5.74, 6) is 0.349. The fourth-order valence-electron chi connectivity index (χ4n) is 5.71. The quantitative estimate of drug-likeness (QED) is 0.175. The molecule has 0 spiro atoms. The molecule has 0 saturated carbocycles. The highest BCUT2D eigenvalue weighted by molar-refractivity contribution is 5.95. The highest BCUT2D eigenvalue weighted by Crippen LogP contribution is 2.30. The second-order valence-corrected chi connectivity index (χ2v) is 12.1. The summed E-state index contributed by atoms with van der Waals surface area (Å²) >= 11 is 0. The van der Waals surface area contributed by atoms with Gasteiger partial charge in [0.25, 0.3) is 0 Å². The number of para-hydroxylation sites is 2.